The second-order valence-corrected chi connectivity index (χ2v) is 3.30. The van der Waals surface area contributed by atoms with Crippen molar-refractivity contribution in [1.29, 1.82) is 0 Å². The molecule has 0 aliphatic heterocycles. The average molecular weight is 245 g/mol. The molecule has 0 saturated carbocycles. The Morgan fingerprint density at radius 2 is 2.18 bits per heavy atom. The number of carboxylic acid groups (broad SMARTS) is 1. The lowest BCUT2D eigenvalue weighted by molar-refractivity contribution is -0.138. The SMILES string of the molecule is [2H]COc1c(F)ccc(C[C@H](N)C(=O)O)c1OC[2H]. The third-order valence-corrected chi connectivity index (χ3v) is 2.19. The summed E-state index contributed by atoms with van der Waals surface area (Å²) in [5.74, 6) is -2.34. The number of halogens is 1. The summed E-state index contributed by atoms with van der Waals surface area (Å²) in [5, 5.41) is 8.75. The van der Waals surface area contributed by atoms with Gasteiger partial charge < -0.3 is 20.3 Å². The predicted molar refractivity (Wildman–Crippen MR) is 58.8 cm³/mol. The maximum Gasteiger partial charge on any atom is 0.320 e. The first-order valence-corrected chi connectivity index (χ1v) is 4.65. The summed E-state index contributed by atoms with van der Waals surface area (Å²) in [5.41, 5.74) is 5.71. The van der Waals surface area contributed by atoms with Gasteiger partial charge in [-0.2, -0.15) is 0 Å². The molecule has 1 atom stereocenters. The fourth-order valence-electron chi connectivity index (χ4n) is 1.36. The minimum Gasteiger partial charge on any atom is -0.492 e. The van der Waals surface area contributed by atoms with Crippen LogP contribution in [0, 0.1) is 5.82 Å². The van der Waals surface area contributed by atoms with Crippen LogP contribution in [0.4, 0.5) is 4.39 Å². The third kappa shape index (κ3) is 2.85. The summed E-state index contributed by atoms with van der Waals surface area (Å²) in [6.07, 6.45) is -0.0979. The molecule has 94 valence electrons. The molecule has 0 radical (unpaired) electrons. The number of nitrogens with two attached hydrogens (primary N) is 1. The van der Waals surface area contributed by atoms with Crippen molar-refractivity contribution in [2.24, 2.45) is 5.73 Å². The monoisotopic (exact) mass is 245 g/mol. The highest BCUT2D eigenvalue weighted by Gasteiger charge is 2.19. The molecule has 1 rings (SSSR count). The van der Waals surface area contributed by atoms with Crippen molar-refractivity contribution >= 4 is 5.97 Å². The van der Waals surface area contributed by atoms with Crippen LogP contribution in [0.1, 0.15) is 8.30 Å². The molecular formula is C11H14FNO4. The number of benzene rings is 1. The van der Waals surface area contributed by atoms with Crippen LogP contribution in [0.2, 0.25) is 0 Å². The highest BCUT2D eigenvalue weighted by Crippen LogP contribution is 2.34. The van der Waals surface area contributed by atoms with Crippen LogP contribution in [-0.2, 0) is 11.2 Å². The van der Waals surface area contributed by atoms with E-state index in [1.54, 1.807) is 0 Å². The quantitative estimate of drug-likeness (QED) is 0.801. The highest BCUT2D eigenvalue weighted by atomic mass is 19.1. The van der Waals surface area contributed by atoms with E-state index in [2.05, 4.69) is 0 Å². The number of hydrogen-bond acceptors (Lipinski definition) is 4. The molecule has 0 aliphatic rings. The Bertz CT molecular complexity index is 459. The van der Waals surface area contributed by atoms with Gasteiger partial charge in [0, 0.05) is 12.0 Å². The van der Waals surface area contributed by atoms with Crippen molar-refractivity contribution < 1.29 is 26.5 Å². The zero-order chi connectivity index (χ0) is 14.4. The van der Waals surface area contributed by atoms with Gasteiger partial charge in [0.2, 0.25) is 0 Å². The largest absolute Gasteiger partial charge is 0.492 e. The zero-order valence-corrected chi connectivity index (χ0v) is 8.98. The van der Waals surface area contributed by atoms with E-state index in [-0.39, 0.29) is 17.9 Å². The van der Waals surface area contributed by atoms with E-state index in [9.17, 15) is 9.18 Å². The van der Waals surface area contributed by atoms with Crippen molar-refractivity contribution in [2.45, 2.75) is 12.5 Å². The lowest BCUT2D eigenvalue weighted by atomic mass is 10.0. The molecule has 1 aromatic carbocycles. The van der Waals surface area contributed by atoms with Crippen LogP contribution in [0.5, 0.6) is 11.5 Å². The molecule has 0 aliphatic carbocycles. The van der Waals surface area contributed by atoms with Crippen LogP contribution in [0.15, 0.2) is 12.1 Å². The van der Waals surface area contributed by atoms with Gasteiger partial charge in [0.05, 0.1) is 16.9 Å². The fourth-order valence-corrected chi connectivity index (χ4v) is 1.36. The molecule has 6 heteroatoms. The Kier molecular flexibility index (Phi) is 3.34. The Morgan fingerprint density at radius 1 is 1.53 bits per heavy atom. The van der Waals surface area contributed by atoms with Crippen molar-refractivity contribution in [2.75, 3.05) is 14.2 Å². The van der Waals surface area contributed by atoms with Crippen LogP contribution < -0.4 is 15.2 Å². The van der Waals surface area contributed by atoms with Gasteiger partial charge in [0.15, 0.2) is 17.3 Å². The molecule has 3 N–H and O–H groups in total. The van der Waals surface area contributed by atoms with Crippen molar-refractivity contribution in [3.05, 3.63) is 23.5 Å². The summed E-state index contributed by atoms with van der Waals surface area (Å²) in [7, 11) is -1.02. The Labute approximate surface area is 101 Å². The maximum absolute atomic E-state index is 13.5. The van der Waals surface area contributed by atoms with Crippen LogP contribution in [0.3, 0.4) is 0 Å². The van der Waals surface area contributed by atoms with Gasteiger partial charge in [-0.25, -0.2) is 4.39 Å². The van der Waals surface area contributed by atoms with Gasteiger partial charge in [-0.3, -0.25) is 4.79 Å². The average Bonchev–Trinajstić information content (AvgIpc) is 2.36. The molecule has 0 aromatic heterocycles. The predicted octanol–water partition coefficient (Wildman–Crippen LogP) is 0.797. The minimum absolute atomic E-state index is 0.0843. The molecule has 17 heavy (non-hydrogen) atoms. The molecular weight excluding hydrogens is 229 g/mol. The van der Waals surface area contributed by atoms with E-state index in [1.165, 1.54) is 6.07 Å². The highest BCUT2D eigenvalue weighted by molar-refractivity contribution is 5.73. The van der Waals surface area contributed by atoms with Gasteiger partial charge in [-0.15, -0.1) is 0 Å². The van der Waals surface area contributed by atoms with Gasteiger partial charge in [-0.05, 0) is 6.07 Å². The van der Waals surface area contributed by atoms with Crippen LogP contribution in [0.25, 0.3) is 0 Å². The minimum atomic E-state index is -1.20. The lowest BCUT2D eigenvalue weighted by Gasteiger charge is -2.14. The fraction of sp³-hybridized carbons (Fsp3) is 0.364. The first-order valence-electron chi connectivity index (χ1n) is 6.06. The number of hydrogen-bond donors (Lipinski definition) is 2. The van der Waals surface area contributed by atoms with Gasteiger partial charge in [0.25, 0.3) is 0 Å². The summed E-state index contributed by atoms with van der Waals surface area (Å²) in [4.78, 5) is 10.7. The van der Waals surface area contributed by atoms with Crippen LogP contribution >= 0.6 is 0 Å². The number of rotatable bonds is 5. The zero-order valence-electron chi connectivity index (χ0n) is 11.0. The van der Waals surface area contributed by atoms with Crippen molar-refractivity contribution in [1.82, 2.24) is 0 Å². The van der Waals surface area contributed by atoms with Crippen LogP contribution in [-0.4, -0.2) is 31.3 Å². The van der Waals surface area contributed by atoms with E-state index < -0.39 is 32.0 Å². The molecule has 5 nitrogen and oxygen atoms in total. The summed E-state index contributed by atoms with van der Waals surface area (Å²) < 4.78 is 37.2. The number of methoxy groups -OCH3 is 2. The van der Waals surface area contributed by atoms with Gasteiger partial charge in [-0.1, -0.05) is 6.07 Å². The summed E-state index contributed by atoms with van der Waals surface area (Å²) in [6.45, 7) is 0. The molecule has 1 aromatic rings. The lowest BCUT2D eigenvalue weighted by Crippen LogP contribution is -2.32. The maximum atomic E-state index is 13.5. The molecule has 0 amide bonds. The van der Waals surface area contributed by atoms with Gasteiger partial charge >= 0.3 is 5.97 Å². The van der Waals surface area contributed by atoms with E-state index in [1.807, 2.05) is 0 Å². The Balaban J connectivity index is 3.15. The molecule has 0 saturated heterocycles. The first-order chi connectivity index (χ1) is 9.01. The molecule has 0 bridgehead atoms. The number of ether oxygens (including phenoxy) is 2. The Morgan fingerprint density at radius 3 is 2.76 bits per heavy atom. The Hall–Kier alpha value is -1.82. The van der Waals surface area contributed by atoms with Crippen molar-refractivity contribution in [3.63, 3.8) is 0 Å². The van der Waals surface area contributed by atoms with E-state index in [0.717, 1.165) is 6.07 Å². The molecule has 0 unspecified atom stereocenters. The second kappa shape index (κ2) is 5.49. The first kappa shape index (κ1) is 10.3. The summed E-state index contributed by atoms with van der Waals surface area (Å²) in [6, 6.07) is 1.22. The smallest absolute Gasteiger partial charge is 0.320 e. The molecule has 0 heterocycles. The van der Waals surface area contributed by atoms with E-state index >= 15 is 0 Å². The topological polar surface area (TPSA) is 81.8 Å². The number of aliphatic carboxylic acids is 1. The van der Waals surface area contributed by atoms with E-state index in [4.69, 9.17) is 23.1 Å². The standard InChI is InChI=1S/C11H14FNO4/c1-16-9-6(5-8(13)11(14)15)3-4-7(12)10(9)17-2/h3-4,8H,5,13H2,1-2H3,(H,14,15)/t8-/m0/s1/i1D,2D. The number of carbonyl (C=O) groups is 1. The summed E-state index contributed by atoms with van der Waals surface area (Å²) >= 11 is 0. The third-order valence-electron chi connectivity index (χ3n) is 2.19. The normalized spacial score (nSPS) is 13.5. The second-order valence-electron chi connectivity index (χ2n) is 3.30. The van der Waals surface area contributed by atoms with Crippen molar-refractivity contribution in [3.8, 4) is 11.5 Å². The molecule has 0 fully saturated rings. The van der Waals surface area contributed by atoms with E-state index in [0.29, 0.717) is 5.56 Å². The number of carboxylic acids is 1. The molecule has 0 spiro atoms. The van der Waals surface area contributed by atoms with Gasteiger partial charge in [0.1, 0.15) is 6.04 Å².